The minimum absolute atomic E-state index is 0.138. The van der Waals surface area contributed by atoms with Crippen LogP contribution in [0.25, 0.3) is 0 Å². The number of thioether (sulfide) groups is 1. The smallest absolute Gasteiger partial charge is 0.316 e. The molecule has 1 aromatic carbocycles. The first-order valence-corrected chi connectivity index (χ1v) is 10.3. The van der Waals surface area contributed by atoms with Gasteiger partial charge in [-0.25, -0.2) is 0 Å². The van der Waals surface area contributed by atoms with Gasteiger partial charge in [0.25, 0.3) is 5.91 Å². The van der Waals surface area contributed by atoms with E-state index in [1.165, 1.54) is 34.4 Å². The van der Waals surface area contributed by atoms with E-state index in [2.05, 4.69) is 15.5 Å². The Kier molecular flexibility index (Phi) is 6.37. The number of hydrogen-bond donors (Lipinski definition) is 1. The van der Waals surface area contributed by atoms with Gasteiger partial charge in [-0.15, -0.1) is 21.5 Å². The Labute approximate surface area is 162 Å². The lowest BCUT2D eigenvalue weighted by Gasteiger charge is -2.03. The highest BCUT2D eigenvalue weighted by atomic mass is 32.2. The molecule has 0 bridgehead atoms. The Bertz CT molecular complexity index is 893. The number of anilines is 1. The monoisotopic (exact) mass is 405 g/mol. The lowest BCUT2D eigenvalue weighted by Crippen LogP contribution is -2.09. The lowest BCUT2D eigenvalue weighted by atomic mass is 10.2. The molecule has 3 aromatic rings. The summed E-state index contributed by atoms with van der Waals surface area (Å²) in [6, 6.07) is 11.3. The van der Waals surface area contributed by atoms with E-state index in [0.29, 0.717) is 14.3 Å². The maximum atomic E-state index is 12.1. The fourth-order valence-corrected chi connectivity index (χ4v) is 4.27. The number of carbonyl (C=O) groups excluding carboxylic acids is 2. The Morgan fingerprint density at radius 3 is 2.77 bits per heavy atom. The molecule has 0 saturated heterocycles. The van der Waals surface area contributed by atoms with Crippen molar-refractivity contribution in [3.05, 3.63) is 57.8 Å². The molecule has 26 heavy (non-hydrogen) atoms. The van der Waals surface area contributed by atoms with E-state index in [1.54, 1.807) is 0 Å². The average molecular weight is 406 g/mol. The quantitative estimate of drug-likeness (QED) is 0.364. The summed E-state index contributed by atoms with van der Waals surface area (Å²) in [5, 5.41) is 12.9. The van der Waals surface area contributed by atoms with Crippen LogP contribution in [0.15, 0.2) is 46.1 Å². The van der Waals surface area contributed by atoms with E-state index < -0.39 is 0 Å². The number of ether oxygens (including phenoxy) is 1. The van der Waals surface area contributed by atoms with E-state index in [-0.39, 0.29) is 24.2 Å². The normalized spacial score (nSPS) is 10.5. The molecule has 3 rings (SSSR count). The number of hydrogen-bond acceptors (Lipinski definition) is 8. The predicted molar refractivity (Wildman–Crippen MR) is 104 cm³/mol. The second-order valence-electron chi connectivity index (χ2n) is 5.25. The zero-order valence-electron chi connectivity index (χ0n) is 13.8. The Hall–Kier alpha value is -2.23. The minimum atomic E-state index is -0.325. The molecule has 0 saturated carbocycles. The number of aromatic nitrogens is 2. The van der Waals surface area contributed by atoms with Crippen LogP contribution in [0, 0.1) is 6.92 Å². The van der Waals surface area contributed by atoms with Gasteiger partial charge < -0.3 is 4.74 Å². The molecule has 134 valence electrons. The van der Waals surface area contributed by atoms with Crippen LogP contribution in [0.3, 0.4) is 0 Å². The van der Waals surface area contributed by atoms with Crippen LogP contribution in [-0.4, -0.2) is 27.8 Å². The van der Waals surface area contributed by atoms with Crippen LogP contribution in [0.1, 0.15) is 20.8 Å². The molecule has 0 radical (unpaired) electrons. The van der Waals surface area contributed by atoms with E-state index in [9.17, 15) is 9.59 Å². The van der Waals surface area contributed by atoms with Crippen molar-refractivity contribution in [2.45, 2.75) is 17.9 Å². The van der Waals surface area contributed by atoms with Gasteiger partial charge in [0.1, 0.15) is 6.61 Å². The fraction of sp³-hybridized carbons (Fsp3) is 0.176. The van der Waals surface area contributed by atoms with Gasteiger partial charge in [-0.2, -0.15) is 0 Å². The Balaban J connectivity index is 1.44. The predicted octanol–water partition coefficient (Wildman–Crippen LogP) is 4.00. The topological polar surface area (TPSA) is 81.2 Å². The molecule has 0 aliphatic carbocycles. The SMILES string of the molecule is Cc1csc(C(=O)Nc2nnc(SCC(=O)OCc3ccccc3)s2)c1. The van der Waals surface area contributed by atoms with Gasteiger partial charge in [-0.05, 0) is 29.5 Å². The third-order valence-corrected chi connectivity index (χ3v) is 6.13. The first-order chi connectivity index (χ1) is 12.6. The summed E-state index contributed by atoms with van der Waals surface area (Å²) < 4.78 is 5.81. The summed E-state index contributed by atoms with van der Waals surface area (Å²) in [6.07, 6.45) is 0. The summed E-state index contributed by atoms with van der Waals surface area (Å²) in [5.41, 5.74) is 1.98. The van der Waals surface area contributed by atoms with Gasteiger partial charge in [-0.1, -0.05) is 53.4 Å². The number of esters is 1. The molecule has 2 heterocycles. The highest BCUT2D eigenvalue weighted by Gasteiger charge is 2.13. The summed E-state index contributed by atoms with van der Waals surface area (Å²) >= 11 is 3.84. The summed E-state index contributed by atoms with van der Waals surface area (Å²) in [7, 11) is 0. The first-order valence-electron chi connectivity index (χ1n) is 7.62. The average Bonchev–Trinajstić information content (AvgIpc) is 3.28. The van der Waals surface area contributed by atoms with Crippen LogP contribution < -0.4 is 5.32 Å². The fourth-order valence-electron chi connectivity index (χ4n) is 1.93. The molecule has 0 fully saturated rings. The molecule has 0 unspecified atom stereocenters. The van der Waals surface area contributed by atoms with Crippen molar-refractivity contribution >= 4 is 51.4 Å². The summed E-state index contributed by atoms with van der Waals surface area (Å²) in [5.74, 6) is -0.397. The number of carbonyl (C=O) groups is 2. The van der Waals surface area contributed by atoms with Crippen LogP contribution in [0.2, 0.25) is 0 Å². The van der Waals surface area contributed by atoms with Crippen LogP contribution in [0.4, 0.5) is 5.13 Å². The van der Waals surface area contributed by atoms with Crippen molar-refractivity contribution in [3.63, 3.8) is 0 Å². The van der Waals surface area contributed by atoms with Gasteiger partial charge in [0, 0.05) is 0 Å². The van der Waals surface area contributed by atoms with Crippen molar-refractivity contribution < 1.29 is 14.3 Å². The second-order valence-corrected chi connectivity index (χ2v) is 8.36. The molecule has 0 aliphatic rings. The van der Waals surface area contributed by atoms with Crippen molar-refractivity contribution in [1.29, 1.82) is 0 Å². The van der Waals surface area contributed by atoms with Crippen molar-refractivity contribution in [1.82, 2.24) is 10.2 Å². The van der Waals surface area contributed by atoms with E-state index in [4.69, 9.17) is 4.74 Å². The number of nitrogens with one attached hydrogen (secondary N) is 1. The Morgan fingerprint density at radius 1 is 1.23 bits per heavy atom. The second kappa shape index (κ2) is 8.93. The maximum absolute atomic E-state index is 12.1. The molecule has 0 aliphatic heterocycles. The third kappa shape index (κ3) is 5.38. The number of amides is 1. The van der Waals surface area contributed by atoms with Gasteiger partial charge in [-0.3, -0.25) is 14.9 Å². The van der Waals surface area contributed by atoms with Crippen molar-refractivity contribution in [2.75, 3.05) is 11.1 Å². The molecule has 9 heteroatoms. The highest BCUT2D eigenvalue weighted by molar-refractivity contribution is 8.01. The van der Waals surface area contributed by atoms with Gasteiger partial charge in [0.05, 0.1) is 10.6 Å². The van der Waals surface area contributed by atoms with Crippen LogP contribution in [-0.2, 0) is 16.1 Å². The molecular formula is C17H15N3O3S3. The van der Waals surface area contributed by atoms with Crippen LogP contribution >= 0.6 is 34.4 Å². The third-order valence-electron chi connectivity index (χ3n) is 3.14. The molecular weight excluding hydrogens is 390 g/mol. The first kappa shape index (κ1) is 18.6. The van der Waals surface area contributed by atoms with Crippen molar-refractivity contribution in [3.8, 4) is 0 Å². The highest BCUT2D eigenvalue weighted by Crippen LogP contribution is 2.26. The number of nitrogens with zero attached hydrogens (tertiary/aromatic N) is 2. The van der Waals surface area contributed by atoms with Gasteiger partial charge in [0.2, 0.25) is 5.13 Å². The summed E-state index contributed by atoms with van der Waals surface area (Å²) in [6.45, 7) is 2.18. The number of aryl methyl sites for hydroxylation is 1. The zero-order chi connectivity index (χ0) is 18.4. The molecule has 0 spiro atoms. The standard InChI is InChI=1S/C17H15N3O3S3/c1-11-7-13(24-9-11)15(22)18-16-19-20-17(26-16)25-10-14(21)23-8-12-5-3-2-4-6-12/h2-7,9H,8,10H2,1H3,(H,18,19,22). The van der Waals surface area contributed by atoms with Gasteiger partial charge >= 0.3 is 5.97 Å². The lowest BCUT2D eigenvalue weighted by molar-refractivity contribution is -0.141. The van der Waals surface area contributed by atoms with Gasteiger partial charge in [0.15, 0.2) is 4.34 Å². The molecule has 1 N–H and O–H groups in total. The van der Waals surface area contributed by atoms with E-state index in [0.717, 1.165) is 11.1 Å². The van der Waals surface area contributed by atoms with Crippen molar-refractivity contribution in [2.24, 2.45) is 0 Å². The maximum Gasteiger partial charge on any atom is 0.316 e. The summed E-state index contributed by atoms with van der Waals surface area (Å²) in [4.78, 5) is 24.5. The minimum Gasteiger partial charge on any atom is -0.460 e. The van der Waals surface area contributed by atoms with E-state index >= 15 is 0 Å². The largest absolute Gasteiger partial charge is 0.460 e. The molecule has 1 amide bonds. The molecule has 2 aromatic heterocycles. The van der Waals surface area contributed by atoms with E-state index in [1.807, 2.05) is 48.7 Å². The molecule has 0 atom stereocenters. The Morgan fingerprint density at radius 2 is 2.04 bits per heavy atom. The zero-order valence-corrected chi connectivity index (χ0v) is 16.2. The van der Waals surface area contributed by atoms with Crippen LogP contribution in [0.5, 0.6) is 0 Å². The number of rotatable bonds is 7. The number of thiophene rings is 1. The number of benzene rings is 1. The molecule has 6 nitrogen and oxygen atoms in total.